The number of carbonyl (C=O) groups excluding carboxylic acids is 2. The second-order valence-electron chi connectivity index (χ2n) is 7.67. The number of rotatable bonds is 9. The topological polar surface area (TPSA) is 122 Å². The Morgan fingerprint density at radius 1 is 1.21 bits per heavy atom. The summed E-state index contributed by atoms with van der Waals surface area (Å²) >= 11 is 6.15. The fourth-order valence-electron chi connectivity index (χ4n) is 3.38. The lowest BCUT2D eigenvalue weighted by Gasteiger charge is -2.20. The van der Waals surface area contributed by atoms with Gasteiger partial charge in [-0.25, -0.2) is 0 Å². The Balaban J connectivity index is 0.00000324. The van der Waals surface area contributed by atoms with Gasteiger partial charge in [0.2, 0.25) is 17.6 Å². The van der Waals surface area contributed by atoms with E-state index in [2.05, 4.69) is 31.0 Å². The van der Waals surface area contributed by atoms with Crippen LogP contribution < -0.4 is 10.6 Å². The molecule has 1 unspecified atom stereocenters. The average Bonchev–Trinajstić information content (AvgIpc) is 3.30. The van der Waals surface area contributed by atoms with Crippen LogP contribution in [0.1, 0.15) is 24.3 Å². The van der Waals surface area contributed by atoms with Crippen LogP contribution in [-0.4, -0.2) is 35.0 Å². The number of amides is 2. The van der Waals surface area contributed by atoms with Gasteiger partial charge in [0.25, 0.3) is 5.91 Å². The number of benzene rings is 1. The van der Waals surface area contributed by atoms with Crippen LogP contribution in [0.2, 0.25) is 5.02 Å². The molecule has 1 atom stereocenters. The summed E-state index contributed by atoms with van der Waals surface area (Å²) in [5.74, 6) is 0.698. The van der Waals surface area contributed by atoms with E-state index in [9.17, 15) is 9.59 Å². The van der Waals surface area contributed by atoms with Gasteiger partial charge in [-0.15, -0.1) is 22.6 Å². The van der Waals surface area contributed by atoms with E-state index in [-0.39, 0.29) is 36.6 Å². The number of nitrogens with one attached hydrogen (secondary N) is 2. The van der Waals surface area contributed by atoms with E-state index in [1.165, 1.54) is 0 Å². The zero-order valence-electron chi connectivity index (χ0n) is 18.5. The van der Waals surface area contributed by atoms with Crippen LogP contribution in [0.15, 0.2) is 68.6 Å². The van der Waals surface area contributed by atoms with Gasteiger partial charge in [0.1, 0.15) is 0 Å². The van der Waals surface area contributed by atoms with Gasteiger partial charge in [-0.05, 0) is 25.0 Å². The van der Waals surface area contributed by atoms with E-state index in [4.69, 9.17) is 16.1 Å². The molecule has 9 nitrogen and oxygen atoms in total. The number of fused-ring (bicyclic) bond motifs is 1. The van der Waals surface area contributed by atoms with Crippen molar-refractivity contribution in [2.45, 2.75) is 26.2 Å². The largest absolute Gasteiger partial charge is 0.368 e. The third-order valence-corrected chi connectivity index (χ3v) is 5.65. The maximum atomic E-state index is 12.1. The Hall–Kier alpha value is -3.30. The van der Waals surface area contributed by atoms with Crippen molar-refractivity contribution in [2.24, 2.45) is 16.1 Å². The lowest BCUT2D eigenvalue weighted by molar-refractivity contribution is -0.121. The van der Waals surface area contributed by atoms with Crippen molar-refractivity contribution in [1.29, 1.82) is 0 Å². The molecule has 0 spiro atoms. The molecular formula is C23H24Cl2N6O3. The number of aromatic nitrogens is 2. The molecule has 2 heterocycles. The number of azo groups is 1. The summed E-state index contributed by atoms with van der Waals surface area (Å²) < 4.78 is 5.25. The Kier molecular flexibility index (Phi) is 8.72. The molecule has 34 heavy (non-hydrogen) atoms. The Labute approximate surface area is 207 Å². The number of aryl methyl sites for hydroxylation is 2. The summed E-state index contributed by atoms with van der Waals surface area (Å²) in [4.78, 5) is 28.3. The van der Waals surface area contributed by atoms with E-state index < -0.39 is 0 Å². The molecule has 1 aromatic carbocycles. The summed E-state index contributed by atoms with van der Waals surface area (Å²) in [5, 5.41) is 18.3. The molecule has 11 heteroatoms. The van der Waals surface area contributed by atoms with Gasteiger partial charge >= 0.3 is 0 Å². The van der Waals surface area contributed by atoms with Crippen molar-refractivity contribution in [3.8, 4) is 11.4 Å². The standard InChI is InChI=1S/C23H23ClN6O3.ClH/c1-14-7-8-15(13-18(14)24)21-27-20(33-30-21)10-9-19(31)25-11-4-12-26-22-16-5-2-3-6-17(16)23(32)29-28-22;/h2-3,5-8,13,17,26H,4,9-12H2,1H3,(H,25,31);1H. The Morgan fingerprint density at radius 3 is 2.88 bits per heavy atom. The Morgan fingerprint density at radius 2 is 2.06 bits per heavy atom. The first-order chi connectivity index (χ1) is 16.0. The molecule has 0 fully saturated rings. The molecular weight excluding hydrogens is 479 g/mol. The zero-order chi connectivity index (χ0) is 23.2. The van der Waals surface area contributed by atoms with Crippen molar-refractivity contribution in [3.63, 3.8) is 0 Å². The van der Waals surface area contributed by atoms with Crippen LogP contribution in [-0.2, 0) is 16.0 Å². The van der Waals surface area contributed by atoms with Gasteiger partial charge in [0.05, 0.1) is 5.92 Å². The second kappa shape index (κ2) is 11.7. The fourth-order valence-corrected chi connectivity index (χ4v) is 3.56. The zero-order valence-corrected chi connectivity index (χ0v) is 20.0. The first kappa shape index (κ1) is 25.3. The van der Waals surface area contributed by atoms with Crippen molar-refractivity contribution >= 4 is 35.8 Å². The van der Waals surface area contributed by atoms with Crippen molar-refractivity contribution in [3.05, 3.63) is 70.4 Å². The minimum Gasteiger partial charge on any atom is -0.368 e. The molecule has 2 aromatic rings. The maximum absolute atomic E-state index is 12.1. The van der Waals surface area contributed by atoms with Crippen LogP contribution >= 0.6 is 24.0 Å². The lowest BCUT2D eigenvalue weighted by atomic mass is 9.93. The molecule has 178 valence electrons. The number of allylic oxidation sites excluding steroid dienone is 3. The summed E-state index contributed by atoms with van der Waals surface area (Å²) in [6, 6.07) is 5.56. The van der Waals surface area contributed by atoms with Gasteiger partial charge in [-0.3, -0.25) is 9.59 Å². The minimum atomic E-state index is -0.372. The predicted octanol–water partition coefficient (Wildman–Crippen LogP) is 4.09. The highest BCUT2D eigenvalue weighted by atomic mass is 35.5. The normalized spacial score (nSPS) is 16.3. The highest BCUT2D eigenvalue weighted by Crippen LogP contribution is 2.27. The monoisotopic (exact) mass is 502 g/mol. The number of halogens is 2. The predicted molar refractivity (Wildman–Crippen MR) is 129 cm³/mol. The molecule has 2 N–H and O–H groups in total. The molecule has 1 aromatic heterocycles. The Bertz CT molecular complexity index is 1190. The molecule has 0 saturated heterocycles. The van der Waals surface area contributed by atoms with Crippen molar-refractivity contribution < 1.29 is 14.1 Å². The minimum absolute atomic E-state index is 0. The molecule has 1 aliphatic carbocycles. The summed E-state index contributed by atoms with van der Waals surface area (Å²) in [7, 11) is 0. The third kappa shape index (κ3) is 6.18. The van der Waals surface area contributed by atoms with Crippen molar-refractivity contribution in [1.82, 2.24) is 20.8 Å². The van der Waals surface area contributed by atoms with Crippen molar-refractivity contribution in [2.75, 3.05) is 13.1 Å². The fraction of sp³-hybridized carbons (Fsp3) is 0.304. The van der Waals surface area contributed by atoms with Gasteiger partial charge in [0.15, 0.2) is 5.82 Å². The molecule has 4 rings (SSSR count). The highest BCUT2D eigenvalue weighted by molar-refractivity contribution is 6.31. The highest BCUT2D eigenvalue weighted by Gasteiger charge is 2.26. The smallest absolute Gasteiger partial charge is 0.276 e. The molecule has 2 amide bonds. The molecule has 0 bridgehead atoms. The molecule has 1 aliphatic heterocycles. The van der Waals surface area contributed by atoms with E-state index >= 15 is 0 Å². The van der Waals surface area contributed by atoms with E-state index in [0.717, 1.165) is 16.7 Å². The van der Waals surface area contributed by atoms with E-state index in [1.54, 1.807) is 12.1 Å². The average molecular weight is 503 g/mol. The number of nitrogens with zero attached hydrogens (tertiary/aromatic N) is 4. The van der Waals surface area contributed by atoms with Gasteiger partial charge in [0, 0.05) is 42.1 Å². The van der Waals surface area contributed by atoms with Gasteiger partial charge in [-0.1, -0.05) is 53.2 Å². The summed E-state index contributed by atoms with van der Waals surface area (Å²) in [5.41, 5.74) is 2.55. The van der Waals surface area contributed by atoms with E-state index in [0.29, 0.717) is 48.5 Å². The van der Waals surface area contributed by atoms with E-state index in [1.807, 2.05) is 37.3 Å². The molecule has 0 radical (unpaired) electrons. The first-order valence-corrected chi connectivity index (χ1v) is 11.0. The van der Waals surface area contributed by atoms with Crippen LogP contribution in [0.4, 0.5) is 0 Å². The second-order valence-corrected chi connectivity index (χ2v) is 8.08. The number of hydrogen-bond acceptors (Lipinski definition) is 7. The van der Waals surface area contributed by atoms with Gasteiger partial charge in [-0.2, -0.15) is 4.98 Å². The van der Waals surface area contributed by atoms with Crippen LogP contribution in [0.5, 0.6) is 0 Å². The number of hydrogen-bond donors (Lipinski definition) is 2. The van der Waals surface area contributed by atoms with Gasteiger partial charge < -0.3 is 15.2 Å². The first-order valence-electron chi connectivity index (χ1n) is 10.7. The lowest BCUT2D eigenvalue weighted by Crippen LogP contribution is -2.28. The van der Waals surface area contributed by atoms with Crippen LogP contribution in [0, 0.1) is 12.8 Å². The van der Waals surface area contributed by atoms with Crippen LogP contribution in [0.3, 0.4) is 0 Å². The maximum Gasteiger partial charge on any atom is 0.276 e. The summed E-state index contributed by atoms with van der Waals surface area (Å²) in [6.45, 7) is 3.01. The third-order valence-electron chi connectivity index (χ3n) is 5.25. The number of carbonyl (C=O) groups is 2. The SMILES string of the molecule is Cc1ccc(-c2noc(CCC(=O)NCCCNC3=C4C=CC=CC4C(=O)N=N3)n2)cc1Cl.Cl. The quantitative estimate of drug-likeness (QED) is 0.497. The molecule has 2 aliphatic rings. The molecule has 0 saturated carbocycles. The van der Waals surface area contributed by atoms with Crippen LogP contribution in [0.25, 0.3) is 11.4 Å². The summed E-state index contributed by atoms with van der Waals surface area (Å²) in [6.07, 6.45) is 8.64.